The van der Waals surface area contributed by atoms with Crippen molar-refractivity contribution >= 4 is 5.91 Å². The number of benzene rings is 2. The van der Waals surface area contributed by atoms with E-state index in [9.17, 15) is 4.79 Å². The van der Waals surface area contributed by atoms with Crippen molar-refractivity contribution in [1.29, 1.82) is 0 Å². The molecule has 144 valence electrons. The van der Waals surface area contributed by atoms with Crippen LogP contribution in [0.25, 0.3) is 0 Å². The lowest BCUT2D eigenvalue weighted by Crippen LogP contribution is -2.24. The number of rotatable bonds is 8. The van der Waals surface area contributed by atoms with Crippen LogP contribution in [0.2, 0.25) is 0 Å². The number of nitrogens with one attached hydrogen (secondary N) is 1. The lowest BCUT2D eigenvalue weighted by atomic mass is 10.0. The Balaban J connectivity index is 1.56. The Morgan fingerprint density at radius 2 is 1.93 bits per heavy atom. The van der Waals surface area contributed by atoms with Crippen LogP contribution in [0, 0.1) is 0 Å². The van der Waals surface area contributed by atoms with E-state index in [1.54, 1.807) is 0 Å². The standard InChI is InChI=1S/C23H29NO3/c1-4-5-6-14-24-22(25)18-12-10-17(11-13-18)16-26-20-9-7-8-19-15-23(2,3)27-21(19)20/h7-13H,4-6,14-16H2,1-3H3,(H,24,25). The molecule has 0 saturated carbocycles. The third kappa shape index (κ3) is 5.03. The van der Waals surface area contributed by atoms with Gasteiger partial charge in [-0.15, -0.1) is 0 Å². The molecule has 0 unspecified atom stereocenters. The molecule has 1 heterocycles. The summed E-state index contributed by atoms with van der Waals surface area (Å²) in [6, 6.07) is 13.6. The molecule has 2 aromatic rings. The highest BCUT2D eigenvalue weighted by Crippen LogP contribution is 2.41. The molecule has 0 atom stereocenters. The zero-order chi connectivity index (χ0) is 19.3. The van der Waals surface area contributed by atoms with E-state index in [2.05, 4.69) is 32.2 Å². The number of fused-ring (bicyclic) bond motifs is 1. The van der Waals surface area contributed by atoms with Crippen molar-refractivity contribution in [3.8, 4) is 11.5 Å². The second-order valence-corrected chi connectivity index (χ2v) is 7.73. The van der Waals surface area contributed by atoms with Gasteiger partial charge in [-0.2, -0.15) is 0 Å². The first kappa shape index (κ1) is 19.3. The van der Waals surface area contributed by atoms with Gasteiger partial charge in [-0.05, 0) is 44.0 Å². The van der Waals surface area contributed by atoms with Gasteiger partial charge in [0.05, 0.1) is 0 Å². The Bertz CT molecular complexity index is 781. The molecule has 0 radical (unpaired) electrons. The highest BCUT2D eigenvalue weighted by Gasteiger charge is 2.32. The van der Waals surface area contributed by atoms with E-state index in [4.69, 9.17) is 9.47 Å². The summed E-state index contributed by atoms with van der Waals surface area (Å²) in [7, 11) is 0. The highest BCUT2D eigenvalue weighted by atomic mass is 16.5. The Morgan fingerprint density at radius 1 is 1.15 bits per heavy atom. The first-order valence-electron chi connectivity index (χ1n) is 9.79. The van der Waals surface area contributed by atoms with Gasteiger partial charge in [0.1, 0.15) is 12.2 Å². The van der Waals surface area contributed by atoms with Gasteiger partial charge in [0.2, 0.25) is 0 Å². The summed E-state index contributed by atoms with van der Waals surface area (Å²) in [4.78, 5) is 12.1. The van der Waals surface area contributed by atoms with E-state index < -0.39 is 0 Å². The number of hydrogen-bond donors (Lipinski definition) is 1. The summed E-state index contributed by atoms with van der Waals surface area (Å²) in [6.07, 6.45) is 4.20. The van der Waals surface area contributed by atoms with Gasteiger partial charge in [-0.3, -0.25) is 4.79 Å². The molecule has 4 nitrogen and oxygen atoms in total. The fourth-order valence-corrected chi connectivity index (χ4v) is 3.29. The van der Waals surface area contributed by atoms with Crippen LogP contribution >= 0.6 is 0 Å². The Kier molecular flexibility index (Phi) is 6.04. The molecule has 4 heteroatoms. The van der Waals surface area contributed by atoms with E-state index in [0.717, 1.165) is 49.3 Å². The minimum atomic E-state index is -0.187. The third-order valence-corrected chi connectivity index (χ3v) is 4.73. The molecular formula is C23H29NO3. The van der Waals surface area contributed by atoms with Crippen molar-refractivity contribution in [2.24, 2.45) is 0 Å². The maximum absolute atomic E-state index is 12.1. The Labute approximate surface area is 161 Å². The van der Waals surface area contributed by atoms with Crippen molar-refractivity contribution < 1.29 is 14.3 Å². The van der Waals surface area contributed by atoms with Crippen molar-refractivity contribution in [3.63, 3.8) is 0 Å². The zero-order valence-electron chi connectivity index (χ0n) is 16.5. The van der Waals surface area contributed by atoms with Crippen LogP contribution in [0.15, 0.2) is 42.5 Å². The number of para-hydroxylation sites is 1. The number of amides is 1. The molecule has 1 N–H and O–H groups in total. The number of unbranched alkanes of at least 4 members (excludes halogenated alkanes) is 2. The summed E-state index contributed by atoms with van der Waals surface area (Å²) in [5.74, 6) is 1.61. The van der Waals surface area contributed by atoms with Crippen LogP contribution in [0.4, 0.5) is 0 Å². The largest absolute Gasteiger partial charge is 0.485 e. The zero-order valence-corrected chi connectivity index (χ0v) is 16.5. The first-order chi connectivity index (χ1) is 13.0. The fraction of sp³-hybridized carbons (Fsp3) is 0.435. The molecule has 0 saturated heterocycles. The molecule has 0 aliphatic carbocycles. The van der Waals surface area contributed by atoms with Crippen molar-refractivity contribution in [3.05, 3.63) is 59.2 Å². The third-order valence-electron chi connectivity index (χ3n) is 4.73. The van der Waals surface area contributed by atoms with Crippen LogP contribution < -0.4 is 14.8 Å². The summed E-state index contributed by atoms with van der Waals surface area (Å²) < 4.78 is 12.0. The lowest BCUT2D eigenvalue weighted by molar-refractivity contribution is 0.0953. The Morgan fingerprint density at radius 3 is 2.67 bits per heavy atom. The summed E-state index contributed by atoms with van der Waals surface area (Å²) in [6.45, 7) is 7.50. The Hall–Kier alpha value is -2.49. The molecule has 3 rings (SSSR count). The maximum atomic E-state index is 12.1. The number of ether oxygens (including phenoxy) is 2. The molecule has 0 fully saturated rings. The summed E-state index contributed by atoms with van der Waals surface area (Å²) in [5, 5.41) is 2.96. The van der Waals surface area contributed by atoms with E-state index in [-0.39, 0.29) is 11.5 Å². The van der Waals surface area contributed by atoms with Gasteiger partial charge in [0.15, 0.2) is 11.5 Å². The van der Waals surface area contributed by atoms with Gasteiger partial charge in [0.25, 0.3) is 5.91 Å². The molecule has 2 aromatic carbocycles. The predicted octanol–water partition coefficient (Wildman–Crippen LogP) is 4.90. The highest BCUT2D eigenvalue weighted by molar-refractivity contribution is 5.94. The molecule has 0 bridgehead atoms. The van der Waals surface area contributed by atoms with E-state index >= 15 is 0 Å². The van der Waals surface area contributed by atoms with E-state index in [0.29, 0.717) is 12.2 Å². The molecule has 0 spiro atoms. The van der Waals surface area contributed by atoms with Gasteiger partial charge in [-0.1, -0.05) is 44.0 Å². The van der Waals surface area contributed by atoms with Crippen molar-refractivity contribution in [2.45, 2.75) is 58.7 Å². The monoisotopic (exact) mass is 367 g/mol. The van der Waals surface area contributed by atoms with Gasteiger partial charge in [-0.25, -0.2) is 0 Å². The SMILES string of the molecule is CCCCCNC(=O)c1ccc(COc2cccc3c2OC(C)(C)C3)cc1. The number of hydrogen-bond acceptors (Lipinski definition) is 3. The van der Waals surface area contributed by atoms with E-state index in [1.165, 1.54) is 5.56 Å². The van der Waals surface area contributed by atoms with Crippen LogP contribution in [-0.4, -0.2) is 18.1 Å². The van der Waals surface area contributed by atoms with Gasteiger partial charge in [0, 0.05) is 24.1 Å². The molecule has 1 amide bonds. The number of carbonyl (C=O) groups is 1. The van der Waals surface area contributed by atoms with Gasteiger partial charge >= 0.3 is 0 Å². The second kappa shape index (κ2) is 8.47. The molecule has 1 aliphatic rings. The van der Waals surface area contributed by atoms with Crippen LogP contribution in [0.1, 0.15) is 61.5 Å². The molecule has 27 heavy (non-hydrogen) atoms. The predicted molar refractivity (Wildman–Crippen MR) is 107 cm³/mol. The number of carbonyl (C=O) groups excluding carboxylic acids is 1. The van der Waals surface area contributed by atoms with Crippen LogP contribution in [0.3, 0.4) is 0 Å². The average molecular weight is 367 g/mol. The van der Waals surface area contributed by atoms with Crippen LogP contribution in [-0.2, 0) is 13.0 Å². The topological polar surface area (TPSA) is 47.6 Å². The normalized spacial score (nSPS) is 14.3. The summed E-state index contributed by atoms with van der Waals surface area (Å²) >= 11 is 0. The minimum absolute atomic E-state index is 0.0184. The molecule has 0 aromatic heterocycles. The van der Waals surface area contributed by atoms with Gasteiger partial charge < -0.3 is 14.8 Å². The average Bonchev–Trinajstić information content (AvgIpc) is 2.98. The van der Waals surface area contributed by atoms with Crippen LogP contribution in [0.5, 0.6) is 11.5 Å². The molecular weight excluding hydrogens is 338 g/mol. The quantitative estimate of drug-likeness (QED) is 0.675. The maximum Gasteiger partial charge on any atom is 0.251 e. The minimum Gasteiger partial charge on any atom is -0.485 e. The second-order valence-electron chi connectivity index (χ2n) is 7.73. The molecule has 1 aliphatic heterocycles. The fourth-order valence-electron chi connectivity index (χ4n) is 3.29. The summed E-state index contributed by atoms with van der Waals surface area (Å²) in [5.41, 5.74) is 2.70. The van der Waals surface area contributed by atoms with Crippen molar-refractivity contribution in [2.75, 3.05) is 6.54 Å². The van der Waals surface area contributed by atoms with Crippen molar-refractivity contribution in [1.82, 2.24) is 5.32 Å². The van der Waals surface area contributed by atoms with E-state index in [1.807, 2.05) is 36.4 Å². The lowest BCUT2D eigenvalue weighted by Gasteiger charge is -2.18. The smallest absolute Gasteiger partial charge is 0.251 e. The first-order valence-corrected chi connectivity index (χ1v) is 9.79.